The third-order valence-electron chi connectivity index (χ3n) is 5.19. The Labute approximate surface area is 172 Å². The first-order valence-corrected chi connectivity index (χ1v) is 10.1. The number of rotatable bonds is 5. The number of anilines is 2. The molecule has 1 aliphatic carbocycles. The van der Waals surface area contributed by atoms with Gasteiger partial charge in [-0.15, -0.1) is 0 Å². The summed E-state index contributed by atoms with van der Waals surface area (Å²) in [6.07, 6.45) is 5.84. The number of nitrogens with zero attached hydrogens (tertiary/aromatic N) is 3. The van der Waals surface area contributed by atoms with Crippen LogP contribution in [0, 0.1) is 0 Å². The summed E-state index contributed by atoms with van der Waals surface area (Å²) >= 11 is 0. The number of para-hydroxylation sites is 1. The normalized spacial score (nSPS) is 23.0. The highest BCUT2D eigenvalue weighted by molar-refractivity contribution is 6.01. The topological polar surface area (TPSA) is 114 Å². The Balaban J connectivity index is 1.57. The Kier molecular flexibility index (Phi) is 6.82. The van der Waals surface area contributed by atoms with E-state index in [9.17, 15) is 0 Å². The number of hydrogen-bond acceptors (Lipinski definition) is 4. The molecule has 1 aliphatic rings. The first-order valence-electron chi connectivity index (χ1n) is 10.1. The Hall–Kier alpha value is -2.93. The number of benzene rings is 1. The molecule has 2 atom stereocenters. The fourth-order valence-corrected chi connectivity index (χ4v) is 3.71. The number of nitrogens with two attached hydrogens (primary N) is 2. The van der Waals surface area contributed by atoms with Gasteiger partial charge in [0, 0.05) is 17.8 Å². The summed E-state index contributed by atoms with van der Waals surface area (Å²) in [7, 11) is 0. The standard InChI is InChI=1S/C22H31N7/c1-16(27-18-7-4-3-5-8-18)28-21(24)29-19-9-6-12-22(2,13-19)26-15-20-11-10-17(23)14-25-20/h3-5,7-8,10-11,14,19,26H,6,9,12-13,15,23H2,1-2H3,(H3,24,27,28,29)/t19-,22+/m1/s1. The molecule has 0 saturated heterocycles. The zero-order chi connectivity index (χ0) is 20.7. The molecule has 6 N–H and O–H groups in total. The van der Waals surface area contributed by atoms with Crippen LogP contribution in [0.2, 0.25) is 0 Å². The molecular formula is C22H31N7. The van der Waals surface area contributed by atoms with Gasteiger partial charge in [-0.05, 0) is 63.8 Å². The minimum absolute atomic E-state index is 0.00316. The molecule has 0 aliphatic heterocycles. The molecule has 2 aromatic rings. The SMILES string of the molecule is CC(=NC(N)=N[C@@H]1CCC[C@](C)(NCc2ccc(N)cn2)C1)Nc1ccccc1. The Morgan fingerprint density at radius 3 is 2.76 bits per heavy atom. The van der Waals surface area contributed by atoms with Gasteiger partial charge in [-0.3, -0.25) is 4.98 Å². The van der Waals surface area contributed by atoms with Gasteiger partial charge in [0.2, 0.25) is 5.96 Å². The second kappa shape index (κ2) is 9.52. The minimum Gasteiger partial charge on any atom is -0.397 e. The predicted octanol–water partition coefficient (Wildman–Crippen LogP) is 3.30. The van der Waals surface area contributed by atoms with Crippen molar-refractivity contribution in [3.05, 3.63) is 54.4 Å². The summed E-state index contributed by atoms with van der Waals surface area (Å²) in [6, 6.07) is 13.9. The molecule has 154 valence electrons. The summed E-state index contributed by atoms with van der Waals surface area (Å²) < 4.78 is 0. The summed E-state index contributed by atoms with van der Waals surface area (Å²) in [5, 5.41) is 6.88. The molecule has 1 saturated carbocycles. The van der Waals surface area contributed by atoms with E-state index in [4.69, 9.17) is 11.5 Å². The van der Waals surface area contributed by atoms with E-state index in [2.05, 4.69) is 32.5 Å². The fraction of sp³-hybridized carbons (Fsp3) is 0.409. The molecule has 1 aromatic heterocycles. The number of nitrogens with one attached hydrogen (secondary N) is 2. The molecule has 3 rings (SSSR count). The molecule has 7 nitrogen and oxygen atoms in total. The van der Waals surface area contributed by atoms with E-state index in [1.807, 2.05) is 49.4 Å². The zero-order valence-electron chi connectivity index (χ0n) is 17.2. The smallest absolute Gasteiger partial charge is 0.217 e. The van der Waals surface area contributed by atoms with Crippen LogP contribution in [0.1, 0.15) is 45.2 Å². The van der Waals surface area contributed by atoms with Gasteiger partial charge in [0.25, 0.3) is 0 Å². The lowest BCUT2D eigenvalue weighted by atomic mass is 9.80. The van der Waals surface area contributed by atoms with Gasteiger partial charge in [-0.25, -0.2) is 9.98 Å². The average Bonchev–Trinajstić information content (AvgIpc) is 2.68. The predicted molar refractivity (Wildman–Crippen MR) is 121 cm³/mol. The number of pyridine rings is 1. The number of aliphatic imine (C=N–C) groups is 2. The third kappa shape index (κ3) is 6.57. The van der Waals surface area contributed by atoms with Crippen LogP contribution < -0.4 is 22.1 Å². The lowest BCUT2D eigenvalue weighted by Gasteiger charge is -2.37. The molecule has 0 amide bonds. The Morgan fingerprint density at radius 1 is 1.24 bits per heavy atom. The van der Waals surface area contributed by atoms with Gasteiger partial charge in [0.05, 0.1) is 23.6 Å². The molecule has 0 radical (unpaired) electrons. The van der Waals surface area contributed by atoms with Crippen LogP contribution in [0.5, 0.6) is 0 Å². The van der Waals surface area contributed by atoms with E-state index in [1.54, 1.807) is 6.20 Å². The Bertz CT molecular complexity index is 845. The van der Waals surface area contributed by atoms with Crippen molar-refractivity contribution in [2.24, 2.45) is 15.7 Å². The maximum atomic E-state index is 6.11. The Morgan fingerprint density at radius 2 is 2.03 bits per heavy atom. The van der Waals surface area contributed by atoms with Crippen LogP contribution in [-0.4, -0.2) is 28.4 Å². The number of guanidine groups is 1. The van der Waals surface area contributed by atoms with E-state index < -0.39 is 0 Å². The summed E-state index contributed by atoms with van der Waals surface area (Å²) in [6.45, 7) is 4.84. The summed E-state index contributed by atoms with van der Waals surface area (Å²) in [5.74, 6) is 1.05. The monoisotopic (exact) mass is 393 g/mol. The van der Waals surface area contributed by atoms with Crippen molar-refractivity contribution in [2.75, 3.05) is 11.1 Å². The van der Waals surface area contributed by atoms with Gasteiger partial charge >= 0.3 is 0 Å². The first-order chi connectivity index (χ1) is 13.9. The van der Waals surface area contributed by atoms with Crippen LogP contribution in [0.3, 0.4) is 0 Å². The molecule has 7 heteroatoms. The van der Waals surface area contributed by atoms with Crippen molar-refractivity contribution in [1.29, 1.82) is 0 Å². The van der Waals surface area contributed by atoms with Crippen LogP contribution in [0.4, 0.5) is 11.4 Å². The maximum absolute atomic E-state index is 6.11. The van der Waals surface area contributed by atoms with Gasteiger partial charge < -0.3 is 22.1 Å². The van der Waals surface area contributed by atoms with Gasteiger partial charge in [0.15, 0.2) is 0 Å². The molecule has 1 heterocycles. The third-order valence-corrected chi connectivity index (χ3v) is 5.19. The van der Waals surface area contributed by atoms with Crippen molar-refractivity contribution < 1.29 is 0 Å². The highest BCUT2D eigenvalue weighted by Gasteiger charge is 2.31. The van der Waals surface area contributed by atoms with Crippen LogP contribution in [0.25, 0.3) is 0 Å². The second-order valence-electron chi connectivity index (χ2n) is 7.92. The first kappa shape index (κ1) is 20.8. The largest absolute Gasteiger partial charge is 0.397 e. The molecule has 0 unspecified atom stereocenters. The van der Waals surface area contributed by atoms with Crippen molar-refractivity contribution in [1.82, 2.24) is 10.3 Å². The quantitative estimate of drug-likeness (QED) is 0.460. The highest BCUT2D eigenvalue weighted by Crippen LogP contribution is 2.30. The average molecular weight is 394 g/mol. The van der Waals surface area contributed by atoms with Crippen molar-refractivity contribution >= 4 is 23.2 Å². The van der Waals surface area contributed by atoms with E-state index >= 15 is 0 Å². The lowest BCUT2D eigenvalue weighted by molar-refractivity contribution is 0.231. The summed E-state index contributed by atoms with van der Waals surface area (Å²) in [4.78, 5) is 13.4. The van der Waals surface area contributed by atoms with E-state index in [0.29, 0.717) is 18.2 Å². The van der Waals surface area contributed by atoms with E-state index in [1.165, 1.54) is 0 Å². The van der Waals surface area contributed by atoms with E-state index in [0.717, 1.165) is 42.9 Å². The van der Waals surface area contributed by atoms with Crippen LogP contribution >= 0.6 is 0 Å². The number of nitrogen functional groups attached to an aromatic ring is 1. The molecule has 1 aromatic carbocycles. The highest BCUT2D eigenvalue weighted by atomic mass is 15.1. The van der Waals surface area contributed by atoms with Gasteiger partial charge in [-0.2, -0.15) is 0 Å². The second-order valence-corrected chi connectivity index (χ2v) is 7.92. The molecule has 29 heavy (non-hydrogen) atoms. The van der Waals surface area contributed by atoms with Gasteiger partial charge in [0.1, 0.15) is 5.84 Å². The maximum Gasteiger partial charge on any atom is 0.217 e. The van der Waals surface area contributed by atoms with Gasteiger partial charge in [-0.1, -0.05) is 18.2 Å². The van der Waals surface area contributed by atoms with E-state index in [-0.39, 0.29) is 11.6 Å². The minimum atomic E-state index is -0.00316. The lowest BCUT2D eigenvalue weighted by Crippen LogP contribution is -2.47. The number of amidine groups is 1. The zero-order valence-corrected chi connectivity index (χ0v) is 17.2. The molecule has 1 fully saturated rings. The number of hydrogen-bond donors (Lipinski definition) is 4. The number of aromatic nitrogens is 1. The summed E-state index contributed by atoms with van der Waals surface area (Å²) in [5.41, 5.74) is 14.5. The molecule has 0 spiro atoms. The van der Waals surface area contributed by atoms with Crippen molar-refractivity contribution in [3.63, 3.8) is 0 Å². The van der Waals surface area contributed by atoms with Crippen molar-refractivity contribution in [3.8, 4) is 0 Å². The molecule has 0 bridgehead atoms. The van der Waals surface area contributed by atoms with Crippen LogP contribution in [0.15, 0.2) is 58.6 Å². The van der Waals surface area contributed by atoms with Crippen LogP contribution in [-0.2, 0) is 6.54 Å². The molecular weight excluding hydrogens is 362 g/mol. The fourth-order valence-electron chi connectivity index (χ4n) is 3.71. The van der Waals surface area contributed by atoms with Crippen molar-refractivity contribution in [2.45, 2.75) is 57.7 Å².